The Kier molecular flexibility index (Phi) is 5.21. The van der Waals surface area contributed by atoms with Crippen molar-refractivity contribution in [2.45, 2.75) is 32.8 Å². The molecule has 2 N–H and O–H groups in total. The van der Waals surface area contributed by atoms with Gasteiger partial charge in [0.05, 0.1) is 5.60 Å². The van der Waals surface area contributed by atoms with Crippen LogP contribution in [0, 0.1) is 5.92 Å². The fraction of sp³-hybridized carbons (Fsp3) is 0.800. The van der Waals surface area contributed by atoms with E-state index in [1.54, 1.807) is 20.8 Å². The van der Waals surface area contributed by atoms with E-state index in [0.717, 1.165) is 19.5 Å². The van der Waals surface area contributed by atoms with E-state index in [1.807, 2.05) is 6.08 Å². The second kappa shape index (κ2) is 5.37. The van der Waals surface area contributed by atoms with Gasteiger partial charge in [-0.3, -0.25) is 0 Å². The van der Waals surface area contributed by atoms with E-state index in [9.17, 15) is 0 Å². The fourth-order valence-corrected chi connectivity index (χ4v) is 0.961. The first kappa shape index (κ1) is 12.6. The molecule has 1 aliphatic rings. The van der Waals surface area contributed by atoms with Crippen molar-refractivity contribution in [1.29, 1.82) is 0 Å². The highest BCUT2D eigenvalue weighted by Gasteiger charge is 2.16. The smallest absolute Gasteiger partial charge is 0.0563 e. The first-order chi connectivity index (χ1) is 5.83. The lowest BCUT2D eigenvalue weighted by Gasteiger charge is -2.04. The largest absolute Gasteiger partial charge is 0.391 e. The summed E-state index contributed by atoms with van der Waals surface area (Å²) in [5, 5.41) is 18.7. The van der Waals surface area contributed by atoms with Gasteiger partial charge < -0.3 is 10.3 Å². The molecule has 0 aromatic rings. The molecule has 13 heavy (non-hydrogen) atoms. The van der Waals surface area contributed by atoms with Gasteiger partial charge in [-0.25, -0.2) is 0 Å². The molecule has 0 radical (unpaired) electrons. The summed E-state index contributed by atoms with van der Waals surface area (Å²) in [6.45, 7) is 10.4. The molecule has 1 saturated heterocycles. The van der Waals surface area contributed by atoms with E-state index in [4.69, 9.17) is 10.3 Å². The van der Waals surface area contributed by atoms with Crippen LogP contribution in [0.4, 0.5) is 0 Å². The molecule has 78 valence electrons. The molecule has 0 aromatic carbocycles. The Hall–Kier alpha value is -0.380. The summed E-state index contributed by atoms with van der Waals surface area (Å²) < 4.78 is 0. The lowest BCUT2D eigenvalue weighted by Crippen LogP contribution is -2.13. The van der Waals surface area contributed by atoms with Crippen LogP contribution in [0.3, 0.4) is 0 Å². The quantitative estimate of drug-likeness (QED) is 0.614. The van der Waals surface area contributed by atoms with Gasteiger partial charge in [0.15, 0.2) is 0 Å². The fourth-order valence-electron chi connectivity index (χ4n) is 0.961. The van der Waals surface area contributed by atoms with Crippen molar-refractivity contribution in [3.8, 4) is 0 Å². The SMILES string of the molecule is C=CC1CCN(O)C1.CC(C)(C)O. The van der Waals surface area contributed by atoms with Crippen LogP contribution in [-0.4, -0.2) is 34.1 Å². The monoisotopic (exact) mass is 187 g/mol. The molecule has 1 rings (SSSR count). The van der Waals surface area contributed by atoms with Crippen LogP contribution < -0.4 is 0 Å². The minimum Gasteiger partial charge on any atom is -0.391 e. The molecule has 1 atom stereocenters. The zero-order chi connectivity index (χ0) is 10.5. The van der Waals surface area contributed by atoms with Crippen LogP contribution in [0.1, 0.15) is 27.2 Å². The number of rotatable bonds is 1. The van der Waals surface area contributed by atoms with Crippen molar-refractivity contribution in [3.05, 3.63) is 12.7 Å². The van der Waals surface area contributed by atoms with Crippen LogP contribution in [0.5, 0.6) is 0 Å². The lowest BCUT2D eigenvalue weighted by atomic mass is 10.1. The van der Waals surface area contributed by atoms with Crippen LogP contribution in [-0.2, 0) is 0 Å². The van der Waals surface area contributed by atoms with Crippen LogP contribution in [0.15, 0.2) is 12.7 Å². The molecule has 0 saturated carbocycles. The van der Waals surface area contributed by atoms with Gasteiger partial charge in [0.25, 0.3) is 0 Å². The third-order valence-electron chi connectivity index (χ3n) is 1.54. The molecule has 3 heteroatoms. The average Bonchev–Trinajstić information content (AvgIpc) is 2.31. The Balaban J connectivity index is 0.000000252. The highest BCUT2D eigenvalue weighted by atomic mass is 16.5. The lowest BCUT2D eigenvalue weighted by molar-refractivity contribution is -0.0699. The summed E-state index contributed by atoms with van der Waals surface area (Å²) in [6, 6.07) is 0. The zero-order valence-electron chi connectivity index (χ0n) is 8.82. The standard InChI is InChI=1S/C6H11NO.C4H10O/c1-2-6-3-4-7(8)5-6;1-4(2,3)5/h2,6,8H,1,3-5H2;5H,1-3H3. The molecule has 0 bridgehead atoms. The Labute approximate surface area is 80.6 Å². The summed E-state index contributed by atoms with van der Waals surface area (Å²) in [6.07, 6.45) is 2.95. The van der Waals surface area contributed by atoms with Gasteiger partial charge in [0, 0.05) is 13.1 Å². The van der Waals surface area contributed by atoms with E-state index in [1.165, 1.54) is 5.06 Å². The number of aliphatic hydroxyl groups is 1. The van der Waals surface area contributed by atoms with E-state index < -0.39 is 5.60 Å². The van der Waals surface area contributed by atoms with Gasteiger partial charge in [0.1, 0.15) is 0 Å². The molecule has 1 heterocycles. The van der Waals surface area contributed by atoms with E-state index >= 15 is 0 Å². The number of hydrogen-bond acceptors (Lipinski definition) is 3. The molecular weight excluding hydrogens is 166 g/mol. The van der Waals surface area contributed by atoms with Crippen LogP contribution >= 0.6 is 0 Å². The molecule has 1 fully saturated rings. The maximum atomic E-state index is 8.82. The van der Waals surface area contributed by atoms with E-state index in [0.29, 0.717) is 5.92 Å². The molecule has 1 unspecified atom stereocenters. The number of nitrogens with zero attached hydrogens (tertiary/aromatic N) is 1. The second-order valence-corrected chi connectivity index (χ2v) is 4.37. The first-order valence-electron chi connectivity index (χ1n) is 4.61. The Morgan fingerprint density at radius 1 is 1.46 bits per heavy atom. The van der Waals surface area contributed by atoms with Gasteiger partial charge in [-0.05, 0) is 33.1 Å². The van der Waals surface area contributed by atoms with Gasteiger partial charge in [0.2, 0.25) is 0 Å². The van der Waals surface area contributed by atoms with Crippen LogP contribution in [0.2, 0.25) is 0 Å². The topological polar surface area (TPSA) is 43.7 Å². The van der Waals surface area contributed by atoms with E-state index in [-0.39, 0.29) is 0 Å². The van der Waals surface area contributed by atoms with Gasteiger partial charge >= 0.3 is 0 Å². The highest BCUT2D eigenvalue weighted by Crippen LogP contribution is 2.13. The Morgan fingerprint density at radius 3 is 2.08 bits per heavy atom. The summed E-state index contributed by atoms with van der Waals surface area (Å²) in [5.41, 5.74) is -0.500. The van der Waals surface area contributed by atoms with Crippen molar-refractivity contribution >= 4 is 0 Å². The summed E-state index contributed by atoms with van der Waals surface area (Å²) in [4.78, 5) is 0. The normalized spacial score (nSPS) is 23.6. The van der Waals surface area contributed by atoms with Crippen molar-refractivity contribution < 1.29 is 10.3 Å². The minimum atomic E-state index is -0.500. The third-order valence-corrected chi connectivity index (χ3v) is 1.54. The molecule has 3 nitrogen and oxygen atoms in total. The Bertz CT molecular complexity index is 145. The van der Waals surface area contributed by atoms with Crippen molar-refractivity contribution in [3.63, 3.8) is 0 Å². The molecule has 0 aromatic heterocycles. The predicted molar refractivity (Wildman–Crippen MR) is 53.6 cm³/mol. The van der Waals surface area contributed by atoms with Gasteiger partial charge in [-0.15, -0.1) is 6.58 Å². The molecular formula is C10H21NO2. The van der Waals surface area contributed by atoms with Crippen molar-refractivity contribution in [2.75, 3.05) is 13.1 Å². The zero-order valence-corrected chi connectivity index (χ0v) is 8.82. The molecule has 1 aliphatic heterocycles. The minimum absolute atomic E-state index is 0.500. The summed E-state index contributed by atoms with van der Waals surface area (Å²) >= 11 is 0. The van der Waals surface area contributed by atoms with E-state index in [2.05, 4.69) is 6.58 Å². The molecule has 0 spiro atoms. The third kappa shape index (κ3) is 9.53. The van der Waals surface area contributed by atoms with Crippen molar-refractivity contribution in [1.82, 2.24) is 5.06 Å². The van der Waals surface area contributed by atoms with Gasteiger partial charge in [-0.1, -0.05) is 6.08 Å². The first-order valence-corrected chi connectivity index (χ1v) is 4.61. The predicted octanol–water partition coefficient (Wildman–Crippen LogP) is 1.66. The Morgan fingerprint density at radius 2 is 1.92 bits per heavy atom. The van der Waals surface area contributed by atoms with Crippen LogP contribution in [0.25, 0.3) is 0 Å². The maximum Gasteiger partial charge on any atom is 0.0563 e. The average molecular weight is 187 g/mol. The van der Waals surface area contributed by atoms with Gasteiger partial charge in [-0.2, -0.15) is 5.06 Å². The number of hydroxylamine groups is 2. The highest BCUT2D eigenvalue weighted by molar-refractivity contribution is 4.84. The molecule has 0 amide bonds. The second-order valence-electron chi connectivity index (χ2n) is 4.37. The summed E-state index contributed by atoms with van der Waals surface area (Å²) in [7, 11) is 0. The van der Waals surface area contributed by atoms with Crippen molar-refractivity contribution in [2.24, 2.45) is 5.92 Å². The molecule has 0 aliphatic carbocycles. The maximum absolute atomic E-state index is 8.82. The number of hydrogen-bond donors (Lipinski definition) is 2. The summed E-state index contributed by atoms with van der Waals surface area (Å²) in [5.74, 6) is 0.514.